The van der Waals surface area contributed by atoms with Crippen LogP contribution in [0.15, 0.2) is 53.7 Å². The van der Waals surface area contributed by atoms with E-state index in [2.05, 4.69) is 25.6 Å². The third-order valence-corrected chi connectivity index (χ3v) is 5.85. The van der Waals surface area contributed by atoms with Crippen LogP contribution in [-0.4, -0.2) is 59.3 Å². The molecule has 1 aromatic heterocycles. The summed E-state index contributed by atoms with van der Waals surface area (Å²) in [5, 5.41) is 5.32. The van der Waals surface area contributed by atoms with E-state index in [1.54, 1.807) is 24.3 Å². The molecule has 5 rings (SSSR count). The number of amides is 1. The number of nitrogens with one attached hydrogen (secondary N) is 3. The number of aliphatic imine (C=N–C) groups is 1. The summed E-state index contributed by atoms with van der Waals surface area (Å²) in [7, 11) is 0. The lowest BCUT2D eigenvalue weighted by atomic mass is 10.1. The Morgan fingerprint density at radius 1 is 1.21 bits per heavy atom. The molecular formula is C23H26FN7O2. The Labute approximate surface area is 190 Å². The summed E-state index contributed by atoms with van der Waals surface area (Å²) in [5.41, 5.74) is 10.3. The second-order valence-corrected chi connectivity index (χ2v) is 8.14. The molecule has 1 unspecified atom stereocenters. The summed E-state index contributed by atoms with van der Waals surface area (Å²) in [6.07, 6.45) is 3.39. The Morgan fingerprint density at radius 3 is 2.88 bits per heavy atom. The standard InChI is InChI=1S/C23H26FN7O2/c24-18-14-17(5-6-20(18)33-12-11-30-9-1-2-10-30)27-23-28-22(25)29-31(23)21(32)16-4-3-15-7-8-26-19(15)13-16/h3-8,13-14,23,26-27H,1-2,9-12H2,(H3,25,28,29). The van der Waals surface area contributed by atoms with Gasteiger partial charge in [-0.05, 0) is 61.6 Å². The maximum absolute atomic E-state index is 14.6. The van der Waals surface area contributed by atoms with Gasteiger partial charge in [-0.15, -0.1) is 0 Å². The Balaban J connectivity index is 1.24. The minimum atomic E-state index is -0.835. The summed E-state index contributed by atoms with van der Waals surface area (Å²) in [6, 6.07) is 11.9. The highest BCUT2D eigenvalue weighted by molar-refractivity contribution is 6.00. The van der Waals surface area contributed by atoms with Crippen molar-refractivity contribution in [3.63, 3.8) is 0 Å². The van der Waals surface area contributed by atoms with Crippen LogP contribution < -0.4 is 21.2 Å². The van der Waals surface area contributed by atoms with Crippen molar-refractivity contribution in [1.29, 1.82) is 0 Å². The van der Waals surface area contributed by atoms with Crippen LogP contribution in [0.1, 0.15) is 23.2 Å². The molecule has 1 atom stereocenters. The van der Waals surface area contributed by atoms with E-state index in [9.17, 15) is 9.18 Å². The van der Waals surface area contributed by atoms with Crippen molar-refractivity contribution in [2.75, 3.05) is 31.6 Å². The molecule has 2 aromatic carbocycles. The largest absolute Gasteiger partial charge is 0.489 e. The molecule has 3 aromatic rings. The van der Waals surface area contributed by atoms with Crippen molar-refractivity contribution in [3.8, 4) is 5.75 Å². The fraction of sp³-hybridized carbons (Fsp3) is 0.304. The maximum atomic E-state index is 14.6. The molecule has 1 fully saturated rings. The monoisotopic (exact) mass is 451 g/mol. The number of ether oxygens (including phenoxy) is 1. The van der Waals surface area contributed by atoms with Gasteiger partial charge in [-0.2, -0.15) is 0 Å². The molecule has 1 amide bonds. The first-order chi connectivity index (χ1) is 16.1. The number of hydrogen-bond donors (Lipinski definition) is 4. The highest BCUT2D eigenvalue weighted by Gasteiger charge is 2.30. The van der Waals surface area contributed by atoms with Crippen molar-refractivity contribution in [2.24, 2.45) is 10.7 Å². The number of anilines is 1. The molecule has 2 aliphatic rings. The number of hydrazine groups is 1. The fourth-order valence-corrected chi connectivity index (χ4v) is 4.13. The molecule has 2 aliphatic heterocycles. The highest BCUT2D eigenvalue weighted by Crippen LogP contribution is 2.24. The van der Waals surface area contributed by atoms with Crippen LogP contribution in [0.25, 0.3) is 10.9 Å². The number of nitrogens with two attached hydrogens (primary N) is 1. The first-order valence-corrected chi connectivity index (χ1v) is 11.0. The van der Waals surface area contributed by atoms with Gasteiger partial charge in [-0.3, -0.25) is 15.1 Å². The molecule has 9 nitrogen and oxygen atoms in total. The SMILES string of the molecule is NC1=NC(Nc2ccc(OCCN3CCCC3)c(F)c2)N(C(=O)c2ccc3cc[nH]c3c2)N1. The van der Waals surface area contributed by atoms with E-state index < -0.39 is 12.1 Å². The number of carbonyl (C=O) groups excluding carboxylic acids is 1. The van der Waals surface area contributed by atoms with Crippen LogP contribution in [0.5, 0.6) is 5.75 Å². The van der Waals surface area contributed by atoms with E-state index >= 15 is 0 Å². The van der Waals surface area contributed by atoms with Crippen molar-refractivity contribution in [3.05, 3.63) is 60.0 Å². The number of carbonyl (C=O) groups is 1. The van der Waals surface area contributed by atoms with E-state index in [1.165, 1.54) is 23.9 Å². The number of nitrogens with zero attached hydrogens (tertiary/aromatic N) is 3. The zero-order valence-electron chi connectivity index (χ0n) is 18.1. The average molecular weight is 452 g/mol. The second kappa shape index (κ2) is 8.99. The number of guanidine groups is 1. The lowest BCUT2D eigenvalue weighted by molar-refractivity contribution is 0.0678. The van der Waals surface area contributed by atoms with Gasteiger partial charge in [-0.1, -0.05) is 6.07 Å². The number of hydrogen-bond acceptors (Lipinski definition) is 7. The molecule has 0 saturated carbocycles. The van der Waals surface area contributed by atoms with Crippen molar-refractivity contribution >= 4 is 28.5 Å². The molecular weight excluding hydrogens is 425 g/mol. The topological polar surface area (TPSA) is 111 Å². The highest BCUT2D eigenvalue weighted by atomic mass is 19.1. The number of benzene rings is 2. The van der Waals surface area contributed by atoms with Crippen molar-refractivity contribution in [1.82, 2.24) is 20.3 Å². The molecule has 0 aliphatic carbocycles. The molecule has 0 bridgehead atoms. The smallest absolute Gasteiger partial charge is 0.275 e. The lowest BCUT2D eigenvalue weighted by Gasteiger charge is -2.24. The Kier molecular flexibility index (Phi) is 5.74. The summed E-state index contributed by atoms with van der Waals surface area (Å²) >= 11 is 0. The summed E-state index contributed by atoms with van der Waals surface area (Å²) in [5.74, 6) is -0.529. The second-order valence-electron chi connectivity index (χ2n) is 8.14. The predicted molar refractivity (Wildman–Crippen MR) is 124 cm³/mol. The van der Waals surface area contributed by atoms with Crippen LogP contribution in [-0.2, 0) is 0 Å². The molecule has 10 heteroatoms. The van der Waals surface area contributed by atoms with Crippen LogP contribution >= 0.6 is 0 Å². The molecule has 172 valence electrons. The minimum Gasteiger partial charge on any atom is -0.489 e. The van der Waals surface area contributed by atoms with Gasteiger partial charge in [0.1, 0.15) is 6.61 Å². The summed E-state index contributed by atoms with van der Waals surface area (Å²) in [4.78, 5) is 22.7. The Morgan fingerprint density at radius 2 is 2.06 bits per heavy atom. The average Bonchev–Trinajstić information content (AvgIpc) is 3.55. The van der Waals surface area contributed by atoms with Gasteiger partial charge in [0.05, 0.1) is 0 Å². The zero-order chi connectivity index (χ0) is 22.8. The number of halogens is 1. The number of rotatable bonds is 7. The van der Waals surface area contributed by atoms with E-state index in [0.717, 1.165) is 30.5 Å². The first kappa shape index (κ1) is 21.1. The molecule has 3 heterocycles. The van der Waals surface area contributed by atoms with E-state index in [1.807, 2.05) is 18.3 Å². The normalized spacial score (nSPS) is 18.4. The third kappa shape index (κ3) is 4.56. The van der Waals surface area contributed by atoms with E-state index in [-0.39, 0.29) is 17.6 Å². The van der Waals surface area contributed by atoms with Gasteiger partial charge in [0.25, 0.3) is 5.91 Å². The molecule has 1 saturated heterocycles. The molecule has 0 spiro atoms. The van der Waals surface area contributed by atoms with E-state index in [0.29, 0.717) is 17.9 Å². The van der Waals surface area contributed by atoms with Gasteiger partial charge in [0.15, 0.2) is 11.6 Å². The van der Waals surface area contributed by atoms with Gasteiger partial charge in [0.2, 0.25) is 12.2 Å². The quantitative estimate of drug-likeness (QED) is 0.439. The van der Waals surface area contributed by atoms with Gasteiger partial charge in [-0.25, -0.2) is 14.4 Å². The first-order valence-electron chi connectivity index (χ1n) is 11.0. The van der Waals surface area contributed by atoms with E-state index in [4.69, 9.17) is 10.5 Å². The van der Waals surface area contributed by atoms with Crippen LogP contribution in [0.3, 0.4) is 0 Å². The number of likely N-dealkylation sites (tertiary alicyclic amines) is 1. The summed E-state index contributed by atoms with van der Waals surface area (Å²) < 4.78 is 20.2. The number of aromatic nitrogens is 1. The van der Waals surface area contributed by atoms with Gasteiger partial charge < -0.3 is 20.8 Å². The van der Waals surface area contributed by atoms with Crippen molar-refractivity contribution < 1.29 is 13.9 Å². The molecule has 5 N–H and O–H groups in total. The van der Waals surface area contributed by atoms with Crippen LogP contribution in [0.2, 0.25) is 0 Å². The van der Waals surface area contributed by atoms with Crippen LogP contribution in [0, 0.1) is 5.82 Å². The number of fused-ring (bicyclic) bond motifs is 1. The predicted octanol–water partition coefficient (Wildman–Crippen LogP) is 2.45. The number of H-pyrrole nitrogens is 1. The summed E-state index contributed by atoms with van der Waals surface area (Å²) in [6.45, 7) is 3.36. The molecule has 33 heavy (non-hydrogen) atoms. The van der Waals surface area contributed by atoms with Gasteiger partial charge >= 0.3 is 0 Å². The lowest BCUT2D eigenvalue weighted by Crippen LogP contribution is -2.49. The number of aromatic amines is 1. The molecule has 0 radical (unpaired) electrons. The maximum Gasteiger partial charge on any atom is 0.275 e. The van der Waals surface area contributed by atoms with Crippen LogP contribution in [0.4, 0.5) is 10.1 Å². The Bertz CT molecular complexity index is 1190. The van der Waals surface area contributed by atoms with Gasteiger partial charge in [0, 0.05) is 35.6 Å². The third-order valence-electron chi connectivity index (χ3n) is 5.85. The van der Waals surface area contributed by atoms with Crippen molar-refractivity contribution in [2.45, 2.75) is 19.1 Å². The fourth-order valence-electron chi connectivity index (χ4n) is 4.13. The minimum absolute atomic E-state index is 0.0872. The Hall–Kier alpha value is -3.79. The zero-order valence-corrected chi connectivity index (χ0v) is 18.1.